The lowest BCUT2D eigenvalue weighted by Crippen LogP contribution is -2.25. The molecule has 2 N–H and O–H groups in total. The molecule has 0 saturated carbocycles. The van der Waals surface area contributed by atoms with E-state index in [1.807, 2.05) is 25.5 Å². The maximum Gasteiger partial charge on any atom is 0.145 e. The van der Waals surface area contributed by atoms with Gasteiger partial charge in [0, 0.05) is 32.0 Å². The molecular weight excluding hydrogens is 196 g/mol. The number of pyridine rings is 1. The molecule has 74 valence electrons. The van der Waals surface area contributed by atoms with E-state index in [4.69, 9.17) is 5.73 Å². The predicted octanol–water partition coefficient (Wildman–Crippen LogP) is 1.09. The molecule has 14 heavy (non-hydrogen) atoms. The van der Waals surface area contributed by atoms with E-state index in [-0.39, 0.29) is 0 Å². The molecule has 2 heterocycles. The minimum absolute atomic E-state index is 0.651. The van der Waals surface area contributed by atoms with Gasteiger partial charge >= 0.3 is 0 Å². The minimum atomic E-state index is 0.651. The number of nitrogens with two attached hydrogens (primary N) is 1. The van der Waals surface area contributed by atoms with Crippen LogP contribution in [-0.2, 0) is 0 Å². The van der Waals surface area contributed by atoms with Crippen LogP contribution < -0.4 is 10.6 Å². The molecule has 0 atom stereocenters. The summed E-state index contributed by atoms with van der Waals surface area (Å²) < 4.78 is 4.13. The third kappa shape index (κ3) is 1.56. The SMILES string of the molecule is CN(CCN)c1ccnc2sncc12. The van der Waals surface area contributed by atoms with Gasteiger partial charge in [-0.2, -0.15) is 4.37 Å². The van der Waals surface area contributed by atoms with Crippen LogP contribution in [0.3, 0.4) is 0 Å². The third-order valence-corrected chi connectivity index (χ3v) is 2.84. The van der Waals surface area contributed by atoms with Crippen LogP contribution in [0, 0.1) is 0 Å². The molecule has 4 nitrogen and oxygen atoms in total. The van der Waals surface area contributed by atoms with E-state index in [0.29, 0.717) is 6.54 Å². The van der Waals surface area contributed by atoms with Crippen LogP contribution in [0.5, 0.6) is 0 Å². The summed E-state index contributed by atoms with van der Waals surface area (Å²) in [5.74, 6) is 0. The standard InChI is InChI=1S/C9H12N4S/c1-13(5-3-10)8-2-4-11-9-7(8)6-12-14-9/h2,4,6H,3,5,10H2,1H3. The average molecular weight is 208 g/mol. The van der Waals surface area contributed by atoms with Crippen molar-refractivity contribution in [3.8, 4) is 0 Å². The Morgan fingerprint density at radius 3 is 3.21 bits per heavy atom. The zero-order valence-electron chi connectivity index (χ0n) is 7.97. The number of rotatable bonds is 3. The Balaban J connectivity index is 2.45. The average Bonchev–Trinajstić information content (AvgIpc) is 2.65. The molecule has 0 radical (unpaired) electrons. The van der Waals surface area contributed by atoms with Crippen molar-refractivity contribution >= 4 is 27.4 Å². The molecule has 0 aromatic carbocycles. The van der Waals surface area contributed by atoms with E-state index in [0.717, 1.165) is 22.4 Å². The van der Waals surface area contributed by atoms with Gasteiger partial charge < -0.3 is 10.6 Å². The van der Waals surface area contributed by atoms with Gasteiger partial charge in [-0.15, -0.1) is 0 Å². The van der Waals surface area contributed by atoms with Crippen LogP contribution in [0.15, 0.2) is 18.5 Å². The normalized spacial score (nSPS) is 10.7. The van der Waals surface area contributed by atoms with Gasteiger partial charge in [-0.05, 0) is 17.6 Å². The van der Waals surface area contributed by atoms with E-state index < -0.39 is 0 Å². The first-order valence-corrected chi connectivity index (χ1v) is 5.21. The van der Waals surface area contributed by atoms with Gasteiger partial charge in [-0.3, -0.25) is 0 Å². The summed E-state index contributed by atoms with van der Waals surface area (Å²) in [6.45, 7) is 1.49. The fourth-order valence-electron chi connectivity index (χ4n) is 1.41. The van der Waals surface area contributed by atoms with Crippen LogP contribution in [0.2, 0.25) is 0 Å². The summed E-state index contributed by atoms with van der Waals surface area (Å²) >= 11 is 1.42. The van der Waals surface area contributed by atoms with Crippen molar-refractivity contribution in [2.45, 2.75) is 0 Å². The van der Waals surface area contributed by atoms with Crippen LogP contribution in [-0.4, -0.2) is 29.5 Å². The quantitative estimate of drug-likeness (QED) is 0.820. The first-order valence-electron chi connectivity index (χ1n) is 4.43. The molecule has 2 aromatic rings. The predicted molar refractivity (Wildman–Crippen MR) is 59.7 cm³/mol. The highest BCUT2D eigenvalue weighted by Gasteiger charge is 2.07. The Hall–Kier alpha value is -1.20. The van der Waals surface area contributed by atoms with Gasteiger partial charge in [0.2, 0.25) is 0 Å². The van der Waals surface area contributed by atoms with Gasteiger partial charge in [-0.1, -0.05) is 0 Å². The van der Waals surface area contributed by atoms with Gasteiger partial charge in [-0.25, -0.2) is 4.98 Å². The van der Waals surface area contributed by atoms with Gasteiger partial charge in [0.1, 0.15) is 4.83 Å². The molecule has 0 aliphatic heterocycles. The molecule has 0 aliphatic rings. The van der Waals surface area contributed by atoms with Crippen molar-refractivity contribution in [1.29, 1.82) is 0 Å². The van der Waals surface area contributed by atoms with Gasteiger partial charge in [0.05, 0.1) is 11.6 Å². The molecule has 2 rings (SSSR count). The summed E-state index contributed by atoms with van der Waals surface area (Å²) in [4.78, 5) is 7.34. The topological polar surface area (TPSA) is 55.0 Å². The van der Waals surface area contributed by atoms with E-state index in [9.17, 15) is 0 Å². The second-order valence-corrected chi connectivity index (χ2v) is 3.87. The second-order valence-electron chi connectivity index (χ2n) is 3.08. The van der Waals surface area contributed by atoms with Gasteiger partial charge in [0.25, 0.3) is 0 Å². The van der Waals surface area contributed by atoms with Crippen LogP contribution >= 0.6 is 11.5 Å². The van der Waals surface area contributed by atoms with Crippen molar-refractivity contribution in [3.05, 3.63) is 18.5 Å². The Labute approximate surface area is 86.5 Å². The number of likely N-dealkylation sites (N-methyl/N-ethyl adjacent to an activating group) is 1. The number of fused-ring (bicyclic) bond motifs is 1. The largest absolute Gasteiger partial charge is 0.373 e. The van der Waals surface area contributed by atoms with E-state index in [2.05, 4.69) is 14.3 Å². The highest BCUT2D eigenvalue weighted by molar-refractivity contribution is 7.12. The first-order chi connectivity index (χ1) is 6.83. The van der Waals surface area contributed by atoms with Crippen LogP contribution in [0.25, 0.3) is 10.2 Å². The maximum atomic E-state index is 5.52. The van der Waals surface area contributed by atoms with Crippen molar-refractivity contribution in [1.82, 2.24) is 9.36 Å². The lowest BCUT2D eigenvalue weighted by atomic mass is 10.3. The molecule has 0 amide bonds. The highest BCUT2D eigenvalue weighted by Crippen LogP contribution is 2.25. The monoisotopic (exact) mass is 208 g/mol. The lowest BCUT2D eigenvalue weighted by Gasteiger charge is -2.18. The zero-order chi connectivity index (χ0) is 9.97. The van der Waals surface area contributed by atoms with E-state index in [1.165, 1.54) is 11.5 Å². The summed E-state index contributed by atoms with van der Waals surface area (Å²) in [5, 5.41) is 1.11. The number of aromatic nitrogens is 2. The maximum absolute atomic E-state index is 5.52. The molecule has 0 aliphatic carbocycles. The van der Waals surface area contributed by atoms with Crippen LogP contribution in [0.1, 0.15) is 0 Å². The molecule has 0 bridgehead atoms. The number of anilines is 1. The molecular formula is C9H12N4S. The van der Waals surface area contributed by atoms with Crippen LogP contribution in [0.4, 0.5) is 5.69 Å². The number of nitrogens with zero attached hydrogens (tertiary/aromatic N) is 3. The second kappa shape index (κ2) is 3.89. The van der Waals surface area contributed by atoms with Crippen molar-refractivity contribution in [2.75, 3.05) is 25.0 Å². The van der Waals surface area contributed by atoms with E-state index in [1.54, 1.807) is 0 Å². The van der Waals surface area contributed by atoms with Crippen molar-refractivity contribution < 1.29 is 0 Å². The summed E-state index contributed by atoms with van der Waals surface area (Å²) in [6.07, 6.45) is 3.66. The Morgan fingerprint density at radius 2 is 2.43 bits per heavy atom. The number of hydrogen-bond acceptors (Lipinski definition) is 5. The molecule has 0 unspecified atom stereocenters. The summed E-state index contributed by atoms with van der Waals surface area (Å²) in [7, 11) is 2.03. The molecule has 5 heteroatoms. The minimum Gasteiger partial charge on any atom is -0.373 e. The number of hydrogen-bond donors (Lipinski definition) is 1. The fourth-order valence-corrected chi connectivity index (χ4v) is 2.04. The molecule has 0 spiro atoms. The smallest absolute Gasteiger partial charge is 0.145 e. The highest BCUT2D eigenvalue weighted by atomic mass is 32.1. The van der Waals surface area contributed by atoms with Crippen molar-refractivity contribution in [2.24, 2.45) is 5.73 Å². The first kappa shape index (κ1) is 9.36. The summed E-state index contributed by atoms with van der Waals surface area (Å²) in [5.41, 5.74) is 6.66. The third-order valence-electron chi connectivity index (χ3n) is 2.13. The molecule has 0 fully saturated rings. The summed E-state index contributed by atoms with van der Waals surface area (Å²) in [6, 6.07) is 1.99. The van der Waals surface area contributed by atoms with E-state index >= 15 is 0 Å². The fraction of sp³-hybridized carbons (Fsp3) is 0.333. The molecule has 0 saturated heterocycles. The Kier molecular flexibility index (Phi) is 2.60. The molecule has 2 aromatic heterocycles. The Bertz CT molecular complexity index is 425. The zero-order valence-corrected chi connectivity index (χ0v) is 8.79. The lowest BCUT2D eigenvalue weighted by molar-refractivity contribution is 0.888. The Morgan fingerprint density at radius 1 is 1.57 bits per heavy atom. The van der Waals surface area contributed by atoms with Gasteiger partial charge in [0.15, 0.2) is 0 Å². The van der Waals surface area contributed by atoms with Crippen molar-refractivity contribution in [3.63, 3.8) is 0 Å².